The van der Waals surface area contributed by atoms with Gasteiger partial charge in [0.2, 0.25) is 0 Å². The quantitative estimate of drug-likeness (QED) is 0.598. The summed E-state index contributed by atoms with van der Waals surface area (Å²) in [5.74, 6) is 0.245. The van der Waals surface area contributed by atoms with E-state index in [2.05, 4.69) is 59.8 Å². The number of aryl methyl sites for hydroxylation is 2. The Balaban J connectivity index is 1.98. The van der Waals surface area contributed by atoms with Crippen molar-refractivity contribution in [2.24, 2.45) is 17.3 Å². The van der Waals surface area contributed by atoms with Gasteiger partial charge < -0.3 is 4.74 Å². The van der Waals surface area contributed by atoms with E-state index in [0.717, 1.165) is 5.56 Å². The van der Waals surface area contributed by atoms with Gasteiger partial charge in [-0.05, 0) is 50.2 Å². The zero-order chi connectivity index (χ0) is 15.8. The third kappa shape index (κ3) is 3.37. The molecule has 0 saturated heterocycles. The molecular formula is C19H26O2. The molecule has 1 aliphatic rings. The van der Waals surface area contributed by atoms with Gasteiger partial charge in [0.1, 0.15) is 6.61 Å². The molecular weight excluding hydrogens is 260 g/mol. The van der Waals surface area contributed by atoms with Gasteiger partial charge in [0, 0.05) is 0 Å². The zero-order valence-electron chi connectivity index (χ0n) is 14.0. The molecule has 0 amide bonds. The predicted octanol–water partition coefficient (Wildman–Crippen LogP) is 4.59. The van der Waals surface area contributed by atoms with Crippen LogP contribution >= 0.6 is 0 Å². The Labute approximate surface area is 128 Å². The van der Waals surface area contributed by atoms with E-state index in [1.807, 2.05) is 6.07 Å². The van der Waals surface area contributed by atoms with Gasteiger partial charge >= 0.3 is 5.97 Å². The van der Waals surface area contributed by atoms with Crippen molar-refractivity contribution in [3.05, 3.63) is 46.5 Å². The largest absolute Gasteiger partial charge is 0.461 e. The normalized spacial score (nSPS) is 22.6. The van der Waals surface area contributed by atoms with Gasteiger partial charge in [-0.25, -0.2) is 0 Å². The van der Waals surface area contributed by atoms with Gasteiger partial charge in [-0.2, -0.15) is 0 Å². The highest BCUT2D eigenvalue weighted by Crippen LogP contribution is 2.59. The van der Waals surface area contributed by atoms with E-state index in [0.29, 0.717) is 12.5 Å². The summed E-state index contributed by atoms with van der Waals surface area (Å²) in [5, 5.41) is 0. The summed E-state index contributed by atoms with van der Waals surface area (Å²) in [7, 11) is 0. The lowest BCUT2D eigenvalue weighted by Gasteiger charge is -2.09. The minimum Gasteiger partial charge on any atom is -0.461 e. The van der Waals surface area contributed by atoms with Crippen molar-refractivity contribution >= 4 is 5.97 Å². The number of carbonyl (C=O) groups is 1. The summed E-state index contributed by atoms with van der Waals surface area (Å²) in [6.45, 7) is 12.9. The minimum absolute atomic E-state index is 0.00171. The number of hydrogen-bond donors (Lipinski definition) is 0. The van der Waals surface area contributed by atoms with Crippen molar-refractivity contribution in [2.75, 3.05) is 0 Å². The number of hydrogen-bond acceptors (Lipinski definition) is 2. The molecule has 2 atom stereocenters. The van der Waals surface area contributed by atoms with Crippen LogP contribution in [0.2, 0.25) is 0 Å². The van der Waals surface area contributed by atoms with Crippen LogP contribution in [0.3, 0.4) is 0 Å². The average molecular weight is 286 g/mol. The maximum Gasteiger partial charge on any atom is 0.310 e. The monoisotopic (exact) mass is 286 g/mol. The maximum absolute atomic E-state index is 12.3. The second-order valence-electron chi connectivity index (χ2n) is 7.11. The number of ether oxygens (including phenoxy) is 1. The second-order valence-corrected chi connectivity index (χ2v) is 7.11. The van der Waals surface area contributed by atoms with E-state index in [4.69, 9.17) is 4.74 Å². The molecule has 0 unspecified atom stereocenters. The Hall–Kier alpha value is -1.57. The van der Waals surface area contributed by atoms with Gasteiger partial charge in [0.15, 0.2) is 0 Å². The van der Waals surface area contributed by atoms with E-state index < -0.39 is 0 Å². The number of benzene rings is 1. The highest BCUT2D eigenvalue weighted by molar-refractivity contribution is 5.78. The van der Waals surface area contributed by atoms with Crippen LogP contribution in [0.4, 0.5) is 0 Å². The number of rotatable bonds is 4. The molecule has 114 valence electrons. The van der Waals surface area contributed by atoms with E-state index in [9.17, 15) is 4.79 Å². The molecule has 1 aromatic carbocycles. The van der Waals surface area contributed by atoms with Crippen LogP contribution in [-0.2, 0) is 16.1 Å². The number of carbonyl (C=O) groups excluding carboxylic acids is 1. The number of esters is 1. The molecule has 0 radical (unpaired) electrons. The zero-order valence-corrected chi connectivity index (χ0v) is 14.0. The molecule has 2 heteroatoms. The van der Waals surface area contributed by atoms with Gasteiger partial charge in [0.05, 0.1) is 5.92 Å². The Morgan fingerprint density at radius 3 is 2.52 bits per heavy atom. The van der Waals surface area contributed by atoms with Crippen LogP contribution in [0.1, 0.15) is 44.4 Å². The molecule has 1 saturated carbocycles. The van der Waals surface area contributed by atoms with Crippen molar-refractivity contribution in [3.63, 3.8) is 0 Å². The highest BCUT2D eigenvalue weighted by Gasteiger charge is 2.61. The third-order valence-electron chi connectivity index (χ3n) is 4.55. The third-order valence-corrected chi connectivity index (χ3v) is 4.55. The topological polar surface area (TPSA) is 26.3 Å². The molecule has 1 aliphatic carbocycles. The SMILES string of the molecule is CC(C)=C[C@H]1[C@@H](C(=O)OCc2ccc(C)cc2C)C1(C)C. The van der Waals surface area contributed by atoms with E-state index in [-0.39, 0.29) is 17.3 Å². The molecule has 1 aromatic rings. The number of allylic oxidation sites excluding steroid dienone is 2. The first kappa shape index (κ1) is 15.8. The summed E-state index contributed by atoms with van der Waals surface area (Å²) < 4.78 is 5.55. The summed E-state index contributed by atoms with van der Waals surface area (Å²) in [5.41, 5.74) is 4.79. The summed E-state index contributed by atoms with van der Waals surface area (Å²) in [6.07, 6.45) is 2.20. The average Bonchev–Trinajstić information content (AvgIpc) is 2.88. The fraction of sp³-hybridized carbons (Fsp3) is 0.526. The molecule has 0 N–H and O–H groups in total. The van der Waals surface area contributed by atoms with Crippen LogP contribution in [0.5, 0.6) is 0 Å². The van der Waals surface area contributed by atoms with Crippen molar-refractivity contribution in [3.8, 4) is 0 Å². The molecule has 2 nitrogen and oxygen atoms in total. The smallest absolute Gasteiger partial charge is 0.310 e. The first-order chi connectivity index (χ1) is 9.73. The standard InChI is InChI=1S/C19H26O2/c1-12(2)9-16-17(19(16,5)6)18(20)21-11-15-8-7-13(3)10-14(15)4/h7-10,16-17H,11H2,1-6H3/t16-,17-/m0/s1. The highest BCUT2D eigenvalue weighted by atomic mass is 16.5. The molecule has 0 heterocycles. The first-order valence-electron chi connectivity index (χ1n) is 7.61. The van der Waals surface area contributed by atoms with E-state index in [1.165, 1.54) is 16.7 Å². The van der Waals surface area contributed by atoms with Gasteiger partial charge in [0.25, 0.3) is 0 Å². The Morgan fingerprint density at radius 2 is 1.95 bits per heavy atom. The summed E-state index contributed by atoms with van der Waals surface area (Å²) in [6, 6.07) is 6.23. The molecule has 0 spiro atoms. The molecule has 0 bridgehead atoms. The van der Waals surface area contributed by atoms with Crippen LogP contribution in [0, 0.1) is 31.1 Å². The Morgan fingerprint density at radius 1 is 1.29 bits per heavy atom. The van der Waals surface area contributed by atoms with Crippen molar-refractivity contribution < 1.29 is 9.53 Å². The Kier molecular flexibility index (Phi) is 4.27. The van der Waals surface area contributed by atoms with Gasteiger partial charge in [-0.3, -0.25) is 4.79 Å². The molecule has 2 rings (SSSR count). The lowest BCUT2D eigenvalue weighted by Crippen LogP contribution is -2.11. The van der Waals surface area contributed by atoms with Crippen molar-refractivity contribution in [2.45, 2.75) is 48.1 Å². The first-order valence-corrected chi connectivity index (χ1v) is 7.61. The van der Waals surface area contributed by atoms with E-state index >= 15 is 0 Å². The van der Waals surface area contributed by atoms with Crippen molar-refractivity contribution in [1.82, 2.24) is 0 Å². The van der Waals surface area contributed by atoms with Crippen LogP contribution in [-0.4, -0.2) is 5.97 Å². The Bertz CT molecular complexity index is 577. The van der Waals surface area contributed by atoms with Gasteiger partial charge in [-0.1, -0.05) is 49.3 Å². The molecule has 0 aliphatic heterocycles. The summed E-state index contributed by atoms with van der Waals surface area (Å²) in [4.78, 5) is 12.3. The lowest BCUT2D eigenvalue weighted by atomic mass is 10.1. The molecule has 0 aromatic heterocycles. The van der Waals surface area contributed by atoms with Gasteiger partial charge in [-0.15, -0.1) is 0 Å². The van der Waals surface area contributed by atoms with Crippen LogP contribution < -0.4 is 0 Å². The molecule has 21 heavy (non-hydrogen) atoms. The fourth-order valence-corrected chi connectivity index (χ4v) is 3.04. The molecule has 1 fully saturated rings. The fourth-order valence-electron chi connectivity index (χ4n) is 3.04. The lowest BCUT2D eigenvalue weighted by molar-refractivity contribution is -0.147. The predicted molar refractivity (Wildman–Crippen MR) is 85.9 cm³/mol. The maximum atomic E-state index is 12.3. The minimum atomic E-state index is -0.0672. The summed E-state index contributed by atoms with van der Waals surface area (Å²) >= 11 is 0. The van der Waals surface area contributed by atoms with E-state index in [1.54, 1.807) is 0 Å². The van der Waals surface area contributed by atoms with Crippen LogP contribution in [0.25, 0.3) is 0 Å². The second kappa shape index (κ2) is 5.67. The van der Waals surface area contributed by atoms with Crippen LogP contribution in [0.15, 0.2) is 29.8 Å². The van der Waals surface area contributed by atoms with Crippen molar-refractivity contribution in [1.29, 1.82) is 0 Å².